The Morgan fingerprint density at radius 1 is 1.45 bits per heavy atom. The van der Waals surface area contributed by atoms with Gasteiger partial charge < -0.3 is 4.90 Å². The maximum atomic E-state index is 13.4. The maximum absolute atomic E-state index is 13.4. The number of amides is 1. The molecule has 0 saturated heterocycles. The summed E-state index contributed by atoms with van der Waals surface area (Å²) in [6.07, 6.45) is 2.21. The van der Waals surface area contributed by atoms with Crippen molar-refractivity contribution in [3.05, 3.63) is 29.6 Å². The Morgan fingerprint density at radius 3 is 2.60 bits per heavy atom. The molecule has 1 aromatic carbocycles. The number of rotatable bonds is 5. The number of nitrogens with zero attached hydrogens (tertiary/aromatic N) is 1. The van der Waals surface area contributed by atoms with Gasteiger partial charge >= 0.3 is 0 Å². The number of sulfonamides is 1. The number of primary sulfonamides is 1. The monoisotopic (exact) mass is 300 g/mol. The summed E-state index contributed by atoms with van der Waals surface area (Å²) in [6, 6.07) is 3.24. The topological polar surface area (TPSA) is 80.5 Å². The third kappa shape index (κ3) is 3.34. The number of benzene rings is 1. The largest absolute Gasteiger partial charge is 0.339 e. The Bertz CT molecular complexity index is 627. The molecule has 1 saturated carbocycles. The molecular weight excluding hydrogens is 283 g/mol. The molecule has 2 rings (SSSR count). The highest BCUT2D eigenvalue weighted by Gasteiger charge is 2.27. The fourth-order valence-corrected chi connectivity index (χ4v) is 2.64. The minimum Gasteiger partial charge on any atom is -0.339 e. The number of carbonyl (C=O) groups is 1. The number of hydrogen-bond acceptors (Lipinski definition) is 3. The molecule has 20 heavy (non-hydrogen) atoms. The Morgan fingerprint density at radius 2 is 2.10 bits per heavy atom. The smallest absolute Gasteiger partial charge is 0.253 e. The third-order valence-electron chi connectivity index (χ3n) is 3.33. The fourth-order valence-electron chi connectivity index (χ4n) is 2.00. The minimum atomic E-state index is -4.18. The van der Waals surface area contributed by atoms with Crippen LogP contribution in [0.15, 0.2) is 23.1 Å². The summed E-state index contributed by atoms with van der Waals surface area (Å²) >= 11 is 0. The Labute approximate surface area is 117 Å². The summed E-state index contributed by atoms with van der Waals surface area (Å²) in [4.78, 5) is 13.3. The molecule has 0 aromatic heterocycles. The molecule has 1 aliphatic carbocycles. The average Bonchev–Trinajstić information content (AvgIpc) is 3.18. The van der Waals surface area contributed by atoms with Gasteiger partial charge in [0.2, 0.25) is 10.0 Å². The van der Waals surface area contributed by atoms with Gasteiger partial charge in [-0.2, -0.15) is 0 Å². The highest BCUT2D eigenvalue weighted by Crippen LogP contribution is 2.30. The summed E-state index contributed by atoms with van der Waals surface area (Å²) in [6.45, 7) is 3.03. The Kier molecular flexibility index (Phi) is 4.10. The molecule has 0 unspecified atom stereocenters. The van der Waals surface area contributed by atoms with Crippen LogP contribution in [0.5, 0.6) is 0 Å². The van der Waals surface area contributed by atoms with Gasteiger partial charge in [-0.15, -0.1) is 0 Å². The molecule has 0 aliphatic heterocycles. The van der Waals surface area contributed by atoms with Crippen LogP contribution >= 0.6 is 0 Å². The lowest BCUT2D eigenvalue weighted by atomic mass is 10.2. The van der Waals surface area contributed by atoms with Crippen molar-refractivity contribution in [2.75, 3.05) is 13.1 Å². The molecule has 5 nitrogen and oxygen atoms in total. The van der Waals surface area contributed by atoms with E-state index in [1.54, 1.807) is 4.90 Å². The second-order valence-electron chi connectivity index (χ2n) is 4.98. The van der Waals surface area contributed by atoms with E-state index in [0.717, 1.165) is 25.0 Å². The van der Waals surface area contributed by atoms with Crippen molar-refractivity contribution in [2.24, 2.45) is 11.1 Å². The SMILES string of the molecule is CCN(CC1CC1)C(=O)c1ccc(F)c(S(N)(=O)=O)c1. The summed E-state index contributed by atoms with van der Waals surface area (Å²) in [5.41, 5.74) is 0.137. The molecule has 1 amide bonds. The zero-order valence-electron chi connectivity index (χ0n) is 11.2. The first-order chi connectivity index (χ1) is 9.32. The van der Waals surface area contributed by atoms with Crippen LogP contribution in [0.1, 0.15) is 30.1 Å². The summed E-state index contributed by atoms with van der Waals surface area (Å²) < 4.78 is 36.0. The Balaban J connectivity index is 2.29. The molecule has 0 radical (unpaired) electrons. The molecule has 1 fully saturated rings. The lowest BCUT2D eigenvalue weighted by molar-refractivity contribution is 0.0756. The predicted octanol–water partition coefficient (Wildman–Crippen LogP) is 1.35. The Hall–Kier alpha value is -1.47. The van der Waals surface area contributed by atoms with Gasteiger partial charge in [0.25, 0.3) is 5.91 Å². The average molecular weight is 300 g/mol. The van der Waals surface area contributed by atoms with Gasteiger partial charge in [-0.25, -0.2) is 17.9 Å². The molecule has 7 heteroatoms. The lowest BCUT2D eigenvalue weighted by Gasteiger charge is -2.21. The molecule has 0 spiro atoms. The van der Waals surface area contributed by atoms with E-state index in [4.69, 9.17) is 5.14 Å². The van der Waals surface area contributed by atoms with Crippen LogP contribution in [0.4, 0.5) is 4.39 Å². The zero-order chi connectivity index (χ0) is 14.9. The van der Waals surface area contributed by atoms with E-state index in [1.807, 2.05) is 6.92 Å². The first-order valence-electron chi connectivity index (χ1n) is 6.44. The second-order valence-corrected chi connectivity index (χ2v) is 6.51. The lowest BCUT2D eigenvalue weighted by Crippen LogP contribution is -2.33. The quantitative estimate of drug-likeness (QED) is 0.891. The van der Waals surface area contributed by atoms with Crippen LogP contribution in [0.3, 0.4) is 0 Å². The molecular formula is C13H17FN2O3S. The number of hydrogen-bond donors (Lipinski definition) is 1. The highest BCUT2D eigenvalue weighted by atomic mass is 32.2. The second kappa shape index (κ2) is 5.49. The first-order valence-corrected chi connectivity index (χ1v) is 7.99. The van der Waals surface area contributed by atoms with Crippen molar-refractivity contribution < 1.29 is 17.6 Å². The van der Waals surface area contributed by atoms with Gasteiger partial charge in [0.15, 0.2) is 0 Å². The van der Waals surface area contributed by atoms with Crippen LogP contribution in [0.25, 0.3) is 0 Å². The van der Waals surface area contributed by atoms with Crippen molar-refractivity contribution in [2.45, 2.75) is 24.7 Å². The van der Waals surface area contributed by atoms with Gasteiger partial charge in [-0.05, 0) is 43.9 Å². The molecule has 110 valence electrons. The highest BCUT2D eigenvalue weighted by molar-refractivity contribution is 7.89. The van der Waals surface area contributed by atoms with Crippen molar-refractivity contribution >= 4 is 15.9 Å². The van der Waals surface area contributed by atoms with Gasteiger partial charge in [0, 0.05) is 18.7 Å². The number of halogens is 1. The summed E-state index contributed by atoms with van der Waals surface area (Å²) in [7, 11) is -4.18. The van der Waals surface area contributed by atoms with Gasteiger partial charge in [-0.3, -0.25) is 4.79 Å². The van der Waals surface area contributed by atoms with E-state index >= 15 is 0 Å². The van der Waals surface area contributed by atoms with Crippen molar-refractivity contribution in [1.29, 1.82) is 0 Å². The van der Waals surface area contributed by atoms with Crippen LogP contribution in [0.2, 0.25) is 0 Å². The molecule has 0 bridgehead atoms. The van der Waals surface area contributed by atoms with E-state index in [2.05, 4.69) is 0 Å². The molecule has 0 atom stereocenters. The molecule has 2 N–H and O–H groups in total. The van der Waals surface area contributed by atoms with Gasteiger partial charge in [0.1, 0.15) is 10.7 Å². The van der Waals surface area contributed by atoms with Crippen molar-refractivity contribution in [3.63, 3.8) is 0 Å². The van der Waals surface area contributed by atoms with Crippen molar-refractivity contribution in [1.82, 2.24) is 4.90 Å². The van der Waals surface area contributed by atoms with Crippen LogP contribution in [0, 0.1) is 11.7 Å². The fraction of sp³-hybridized carbons (Fsp3) is 0.462. The standard InChI is InChI=1S/C13H17FN2O3S/c1-2-16(8-9-3-4-9)13(17)10-5-6-11(14)12(7-10)20(15,18)19/h5-7,9H,2-4,8H2,1H3,(H2,15,18,19). The third-order valence-corrected chi connectivity index (χ3v) is 4.26. The molecule has 1 aromatic rings. The van der Waals surface area contributed by atoms with Crippen LogP contribution in [-0.2, 0) is 10.0 Å². The van der Waals surface area contributed by atoms with E-state index in [9.17, 15) is 17.6 Å². The van der Waals surface area contributed by atoms with E-state index in [1.165, 1.54) is 6.07 Å². The number of nitrogens with two attached hydrogens (primary N) is 1. The molecule has 0 heterocycles. The predicted molar refractivity (Wildman–Crippen MR) is 72.1 cm³/mol. The first kappa shape index (κ1) is 14.9. The normalized spacial score (nSPS) is 15.2. The van der Waals surface area contributed by atoms with E-state index in [-0.39, 0.29) is 11.5 Å². The summed E-state index contributed by atoms with van der Waals surface area (Å²) in [5, 5.41) is 4.93. The zero-order valence-corrected chi connectivity index (χ0v) is 12.0. The van der Waals surface area contributed by atoms with Crippen molar-refractivity contribution in [3.8, 4) is 0 Å². The molecule has 1 aliphatic rings. The van der Waals surface area contributed by atoms with E-state index in [0.29, 0.717) is 19.0 Å². The summed E-state index contributed by atoms with van der Waals surface area (Å²) in [5.74, 6) is -0.726. The van der Waals surface area contributed by atoms with Gasteiger partial charge in [-0.1, -0.05) is 0 Å². The minimum absolute atomic E-state index is 0.137. The van der Waals surface area contributed by atoms with Crippen LogP contribution in [-0.4, -0.2) is 32.3 Å². The van der Waals surface area contributed by atoms with Crippen LogP contribution < -0.4 is 5.14 Å². The van der Waals surface area contributed by atoms with E-state index < -0.39 is 20.7 Å². The number of carbonyl (C=O) groups excluding carboxylic acids is 1. The van der Waals surface area contributed by atoms with Gasteiger partial charge in [0.05, 0.1) is 0 Å². The maximum Gasteiger partial charge on any atom is 0.253 e.